The van der Waals surface area contributed by atoms with Crippen molar-refractivity contribution >= 4 is 17.5 Å². The van der Waals surface area contributed by atoms with Gasteiger partial charge in [-0.25, -0.2) is 4.90 Å². The first-order valence-corrected chi connectivity index (χ1v) is 8.67. The molecule has 4 nitrogen and oxygen atoms in total. The first kappa shape index (κ1) is 16.2. The van der Waals surface area contributed by atoms with Crippen LogP contribution < -0.4 is 10.2 Å². The summed E-state index contributed by atoms with van der Waals surface area (Å²) in [6.07, 6.45) is 3.81. The highest BCUT2D eigenvalue weighted by molar-refractivity contribution is 6.22. The van der Waals surface area contributed by atoms with E-state index < -0.39 is 0 Å². The Labute approximate surface area is 138 Å². The van der Waals surface area contributed by atoms with Crippen LogP contribution in [0.15, 0.2) is 24.3 Å². The van der Waals surface area contributed by atoms with Crippen molar-refractivity contribution in [3.05, 3.63) is 29.8 Å². The van der Waals surface area contributed by atoms with Crippen LogP contribution >= 0.6 is 0 Å². The molecule has 0 aromatic heterocycles. The number of carbonyl (C=O) groups is 2. The van der Waals surface area contributed by atoms with Crippen LogP contribution in [0.1, 0.15) is 45.1 Å². The minimum Gasteiger partial charge on any atom is -0.302 e. The minimum absolute atomic E-state index is 0.104. The fourth-order valence-corrected chi connectivity index (χ4v) is 3.80. The van der Waals surface area contributed by atoms with Gasteiger partial charge in [-0.2, -0.15) is 0 Å². The largest absolute Gasteiger partial charge is 0.302 e. The summed E-state index contributed by atoms with van der Waals surface area (Å²) in [4.78, 5) is 26.4. The number of benzene rings is 1. The first-order chi connectivity index (χ1) is 11.0. The smallest absolute Gasteiger partial charge is 0.251 e. The van der Waals surface area contributed by atoms with Crippen molar-refractivity contribution in [2.45, 2.75) is 58.5 Å². The van der Waals surface area contributed by atoms with Crippen LogP contribution in [0.2, 0.25) is 0 Å². The Morgan fingerprint density at radius 1 is 1.09 bits per heavy atom. The van der Waals surface area contributed by atoms with Gasteiger partial charge >= 0.3 is 0 Å². The van der Waals surface area contributed by atoms with Crippen LogP contribution in [0.4, 0.5) is 5.69 Å². The number of carbonyl (C=O) groups excluding carboxylic acids is 2. The lowest BCUT2D eigenvalue weighted by molar-refractivity contribution is -0.121. The number of nitrogens with one attached hydrogen (secondary N) is 1. The Hall–Kier alpha value is -1.68. The summed E-state index contributed by atoms with van der Waals surface area (Å²) >= 11 is 0. The van der Waals surface area contributed by atoms with Crippen LogP contribution in [0.25, 0.3) is 0 Å². The van der Waals surface area contributed by atoms with Crippen LogP contribution in [0.3, 0.4) is 0 Å². The van der Waals surface area contributed by atoms with Gasteiger partial charge in [0.1, 0.15) is 0 Å². The second kappa shape index (κ2) is 6.44. The Morgan fingerprint density at radius 2 is 1.78 bits per heavy atom. The molecule has 1 aliphatic heterocycles. The molecule has 0 spiro atoms. The van der Waals surface area contributed by atoms with Crippen molar-refractivity contribution in [2.75, 3.05) is 4.90 Å². The number of nitrogens with zero attached hydrogens (tertiary/aromatic N) is 1. The Kier molecular flexibility index (Phi) is 4.53. The molecule has 0 unspecified atom stereocenters. The van der Waals surface area contributed by atoms with Gasteiger partial charge in [0.25, 0.3) is 5.91 Å². The molecule has 0 bridgehead atoms. The third-order valence-electron chi connectivity index (χ3n) is 5.56. The number of rotatable bonds is 3. The molecule has 1 saturated carbocycles. The average Bonchev–Trinajstić information content (AvgIpc) is 2.79. The van der Waals surface area contributed by atoms with Gasteiger partial charge in [-0.05, 0) is 37.3 Å². The fraction of sp³-hybridized carbons (Fsp3) is 0.579. The molecule has 0 radical (unpaired) electrons. The maximum atomic E-state index is 12.7. The standard InChI is InChI=1S/C19H26N2O2/c1-12-7-9-15(10-8-12)21-18(22)11-17(19(21)23)20-16-6-4-5-13(2)14(16)3/h7-10,13-14,16-17,20H,4-6,11H2,1-3H3/t13-,14+,16-,17-/m1/s1. The Balaban J connectivity index is 1.72. The molecule has 124 valence electrons. The van der Waals surface area contributed by atoms with Crippen molar-refractivity contribution in [1.82, 2.24) is 5.32 Å². The summed E-state index contributed by atoms with van der Waals surface area (Å²) in [5, 5.41) is 3.48. The summed E-state index contributed by atoms with van der Waals surface area (Å²) in [5.41, 5.74) is 1.80. The lowest BCUT2D eigenvalue weighted by Gasteiger charge is -2.36. The van der Waals surface area contributed by atoms with Gasteiger partial charge < -0.3 is 5.32 Å². The van der Waals surface area contributed by atoms with Crippen LogP contribution in [0.5, 0.6) is 0 Å². The second-order valence-corrected chi connectivity index (χ2v) is 7.20. The molecule has 1 aliphatic carbocycles. The van der Waals surface area contributed by atoms with E-state index in [-0.39, 0.29) is 24.3 Å². The van der Waals surface area contributed by atoms with Crippen molar-refractivity contribution in [3.8, 4) is 0 Å². The third kappa shape index (κ3) is 3.18. The fourth-order valence-electron chi connectivity index (χ4n) is 3.80. The molecule has 1 aromatic rings. The van der Waals surface area contributed by atoms with Crippen LogP contribution in [-0.4, -0.2) is 23.9 Å². The number of hydrogen-bond donors (Lipinski definition) is 1. The minimum atomic E-state index is -0.374. The number of anilines is 1. The molecule has 3 rings (SSSR count). The van der Waals surface area contributed by atoms with Crippen LogP contribution in [0, 0.1) is 18.8 Å². The Bertz CT molecular complexity index is 596. The molecule has 1 N–H and O–H groups in total. The molecule has 2 fully saturated rings. The van der Waals surface area contributed by atoms with E-state index in [2.05, 4.69) is 19.2 Å². The van der Waals surface area contributed by atoms with Gasteiger partial charge in [0.15, 0.2) is 0 Å². The molecule has 2 amide bonds. The zero-order valence-electron chi connectivity index (χ0n) is 14.2. The highest BCUT2D eigenvalue weighted by Crippen LogP contribution is 2.31. The van der Waals surface area contributed by atoms with Crippen molar-refractivity contribution in [3.63, 3.8) is 0 Å². The van der Waals surface area contributed by atoms with Gasteiger partial charge in [-0.1, -0.05) is 44.4 Å². The van der Waals surface area contributed by atoms with Gasteiger partial charge in [-0.15, -0.1) is 0 Å². The van der Waals surface area contributed by atoms with Crippen molar-refractivity contribution < 1.29 is 9.59 Å². The zero-order valence-corrected chi connectivity index (χ0v) is 14.2. The summed E-state index contributed by atoms with van der Waals surface area (Å²) in [6, 6.07) is 7.51. The summed E-state index contributed by atoms with van der Waals surface area (Å²) in [7, 11) is 0. The van der Waals surface area contributed by atoms with E-state index in [0.29, 0.717) is 23.6 Å². The average molecular weight is 314 g/mol. The van der Waals surface area contributed by atoms with E-state index in [1.165, 1.54) is 17.7 Å². The molecule has 4 heteroatoms. The number of hydrogen-bond acceptors (Lipinski definition) is 3. The number of imide groups is 1. The van der Waals surface area contributed by atoms with Gasteiger partial charge in [0, 0.05) is 6.04 Å². The van der Waals surface area contributed by atoms with E-state index in [4.69, 9.17) is 0 Å². The Morgan fingerprint density at radius 3 is 2.48 bits per heavy atom. The normalized spacial score (nSPS) is 31.7. The van der Waals surface area contributed by atoms with Crippen molar-refractivity contribution in [1.29, 1.82) is 0 Å². The van der Waals surface area contributed by atoms with Gasteiger partial charge in [0.05, 0.1) is 18.2 Å². The summed E-state index contributed by atoms with van der Waals surface area (Å²) < 4.78 is 0. The topological polar surface area (TPSA) is 49.4 Å². The molecule has 1 heterocycles. The third-order valence-corrected chi connectivity index (χ3v) is 5.56. The maximum Gasteiger partial charge on any atom is 0.251 e. The molecule has 1 aromatic carbocycles. The van der Waals surface area contributed by atoms with Gasteiger partial charge in [-0.3, -0.25) is 9.59 Å². The van der Waals surface area contributed by atoms with Gasteiger partial charge in [0.2, 0.25) is 5.91 Å². The van der Waals surface area contributed by atoms with E-state index in [9.17, 15) is 9.59 Å². The van der Waals surface area contributed by atoms with E-state index in [1.807, 2.05) is 31.2 Å². The maximum absolute atomic E-state index is 12.7. The second-order valence-electron chi connectivity index (χ2n) is 7.20. The lowest BCUT2D eigenvalue weighted by atomic mass is 9.78. The predicted molar refractivity (Wildman–Crippen MR) is 91.2 cm³/mol. The summed E-state index contributed by atoms with van der Waals surface area (Å²) in [5.74, 6) is 0.999. The summed E-state index contributed by atoms with van der Waals surface area (Å²) in [6.45, 7) is 6.52. The monoisotopic (exact) mass is 314 g/mol. The van der Waals surface area contributed by atoms with E-state index in [0.717, 1.165) is 12.0 Å². The van der Waals surface area contributed by atoms with Crippen molar-refractivity contribution in [2.24, 2.45) is 11.8 Å². The molecule has 1 saturated heterocycles. The molecular formula is C19H26N2O2. The molecule has 2 aliphatic rings. The lowest BCUT2D eigenvalue weighted by Crippen LogP contribution is -2.48. The molecule has 23 heavy (non-hydrogen) atoms. The highest BCUT2D eigenvalue weighted by Gasteiger charge is 2.41. The SMILES string of the molecule is Cc1ccc(N2C(=O)C[C@@H](N[C@@H]3CCC[C@@H](C)[C@@H]3C)C2=O)cc1. The predicted octanol–water partition coefficient (Wildman–Crippen LogP) is 3.04. The quantitative estimate of drug-likeness (QED) is 0.873. The number of aryl methyl sites for hydroxylation is 1. The zero-order chi connectivity index (χ0) is 16.6. The molecule has 4 atom stereocenters. The molecular weight excluding hydrogens is 288 g/mol. The van der Waals surface area contributed by atoms with E-state index in [1.54, 1.807) is 0 Å². The van der Waals surface area contributed by atoms with E-state index >= 15 is 0 Å². The first-order valence-electron chi connectivity index (χ1n) is 8.67. The number of amides is 2. The van der Waals surface area contributed by atoms with Crippen LogP contribution in [-0.2, 0) is 9.59 Å². The highest BCUT2D eigenvalue weighted by atomic mass is 16.2.